The number of carboxylic acids is 3. The first kappa shape index (κ1) is 90.1. The Bertz CT molecular complexity index is 5860. The van der Waals surface area contributed by atoms with Gasteiger partial charge in [-0.2, -0.15) is 5.26 Å². The van der Waals surface area contributed by atoms with Crippen LogP contribution in [0.1, 0.15) is 139 Å². The van der Waals surface area contributed by atoms with Crippen LogP contribution in [0, 0.1) is 17.4 Å². The number of amides is 6. The SMILES string of the molecule is C=S(C)(=O)c1cccc(C[C@H](NC(=O)c2c(Cl)cc3c(c2Cl)CCN(C(=O)c2ccc4c(c2)OCO4)C3)C(=O)O)c1.CC(C)c1cccc(C[C@H](NC(=O)c2c(Cl)cc3c(c2Cl)CCN(C(=O)c2ccc(Cl)cc2)C3)C(=O)O)c1.C[C@@H]1CN(C(=NC[C@H](NC(=O)c2c(Cl)cc3c(c2Cl)CCN(C(=O)c2ccc4ccoc4c2)C3)C(=O)O)NC#N)C[C@H]1O. The molecule has 1 unspecified atom stereocenters. The molecule has 6 heterocycles. The molecule has 0 spiro atoms. The van der Waals surface area contributed by atoms with Gasteiger partial charge in [0, 0.05) is 109 Å². The predicted molar refractivity (Wildman–Crippen MR) is 463 cm³/mol. The van der Waals surface area contributed by atoms with Gasteiger partial charge < -0.3 is 69.9 Å². The topological polar surface area (TPSA) is 380 Å². The quantitative estimate of drug-likeness (QED) is 0.0115. The first-order valence-corrected chi connectivity index (χ1v) is 43.1. The second-order valence-electron chi connectivity index (χ2n) is 30.1. The number of hydrogen-bond acceptors (Lipinski definition) is 16. The fraction of sp³-hybridized carbons (Fsp3) is 0.287. The Morgan fingerprint density at radius 3 is 1.50 bits per heavy atom. The number of aliphatic hydroxyl groups is 1. The monoisotopic (exact) mass is 1810 g/mol. The van der Waals surface area contributed by atoms with Crippen molar-refractivity contribution in [3.63, 3.8) is 0 Å². The zero-order valence-electron chi connectivity index (χ0n) is 65.9. The number of furan rings is 1. The van der Waals surface area contributed by atoms with Crippen LogP contribution >= 0.6 is 81.2 Å². The van der Waals surface area contributed by atoms with Gasteiger partial charge in [0.05, 0.1) is 65.7 Å². The fourth-order valence-corrected chi connectivity index (χ4v) is 17.9. The lowest BCUT2D eigenvalue weighted by Crippen LogP contribution is -2.45. The number of likely N-dealkylation sites (tertiary alicyclic amines) is 1. The number of nitriles is 1. The van der Waals surface area contributed by atoms with Crippen molar-refractivity contribution in [3.8, 4) is 17.7 Å². The Labute approximate surface area is 736 Å². The standard InChI is InChI=1S/C29H27Cl3N2O4.C29H28Cl2N6O6.C29H26Cl2N2O7S/c1-16(2)19-5-3-4-17(12-19)13-24(29(37)38)33-27(35)25-23(31)14-20-15-34(11-10-22(20)26(25)32)28(36)18-6-8-21(30)9-7-18;1-15-11-37(13-22(15)38)29(34-14-32)33-10-21(28(41)42)35-26(39)24-20(30)8-18-12-36(6-4-19(18)25(24)31)27(40)17-3-2-16-5-7-43-23(16)9-17;1-41(2,38)19-5-3-4-16(10-19)11-22(29(36)37)32-27(34)25-21(30)12-18-14-33(9-8-20(18)26(25)31)28(35)17-6-7-23-24(13-17)40-15-39-23/h3-9,12,14,16,24H,10-11,13,15H2,1-2H3,(H,33,35)(H,37,38);2-3,5,7-9,15,21-22,38H,4,6,10-13H2,1H3,(H,33,34)(H,35,39)(H,41,42);3-7,10,12-13,22H,1,8-9,11,14-15H2,2H3,(H,32,34)(H,36,37)/t24-;15-,21+,22-;22-,41?/m010/s1. The maximum atomic E-state index is 13.3. The fourth-order valence-electron chi connectivity index (χ4n) is 14.7. The third-order valence-electron chi connectivity index (χ3n) is 21.3. The van der Waals surface area contributed by atoms with Gasteiger partial charge in [0.2, 0.25) is 12.8 Å². The van der Waals surface area contributed by atoms with E-state index < -0.39 is 75.9 Å². The smallest absolute Gasteiger partial charge is 0.328 e. The molecule has 0 radical (unpaired) electrons. The van der Waals surface area contributed by atoms with Gasteiger partial charge in [-0.3, -0.25) is 38.3 Å². The van der Waals surface area contributed by atoms with E-state index in [1.54, 1.807) is 129 Å². The van der Waals surface area contributed by atoms with Crippen molar-refractivity contribution in [2.75, 3.05) is 52.3 Å². The van der Waals surface area contributed by atoms with Crippen LogP contribution in [-0.4, -0.2) is 186 Å². The maximum absolute atomic E-state index is 13.3. The van der Waals surface area contributed by atoms with Crippen LogP contribution in [0.2, 0.25) is 35.2 Å². The average Bonchev–Trinajstić information content (AvgIpc) is 0.962. The summed E-state index contributed by atoms with van der Waals surface area (Å²) in [4.78, 5) is 126. The lowest BCUT2D eigenvalue weighted by atomic mass is 9.95. The molecular weight excluding hydrogens is 1740 g/mol. The Morgan fingerprint density at radius 1 is 0.566 bits per heavy atom. The van der Waals surface area contributed by atoms with Gasteiger partial charge in [0.1, 0.15) is 23.7 Å². The minimum atomic E-state index is -2.50. The molecule has 636 valence electrons. The predicted octanol–water partition coefficient (Wildman–Crippen LogP) is 13.3. The number of carbonyl (C=O) groups is 9. The summed E-state index contributed by atoms with van der Waals surface area (Å²) in [5.74, 6) is -1.41. The van der Waals surface area contributed by atoms with Crippen LogP contribution in [0.5, 0.6) is 11.5 Å². The lowest BCUT2D eigenvalue weighted by Gasteiger charge is -2.30. The molecule has 0 saturated carbocycles. The van der Waals surface area contributed by atoms with Crippen molar-refractivity contribution in [3.05, 3.63) is 258 Å². The number of aliphatic imine (C=N–C) groups is 1. The molecule has 35 heteroatoms. The number of aliphatic hydroxyl groups excluding tert-OH is 1. The Hall–Kier alpha value is -11.1. The lowest BCUT2D eigenvalue weighted by molar-refractivity contribution is -0.140. The second-order valence-corrected chi connectivity index (χ2v) is 35.4. The molecule has 6 amide bonds. The van der Waals surface area contributed by atoms with E-state index in [-0.39, 0.29) is 122 Å². The molecule has 1 aromatic heterocycles. The molecule has 0 bridgehead atoms. The van der Waals surface area contributed by atoms with Gasteiger partial charge in [-0.25, -0.2) is 19.4 Å². The molecule has 0 aliphatic carbocycles. The summed E-state index contributed by atoms with van der Waals surface area (Å²) in [5.41, 5.74) is 8.60. The van der Waals surface area contributed by atoms with E-state index >= 15 is 0 Å². The van der Waals surface area contributed by atoms with Crippen LogP contribution in [0.3, 0.4) is 0 Å². The first-order chi connectivity index (χ1) is 58.0. The molecule has 9 aromatic rings. The van der Waals surface area contributed by atoms with Crippen LogP contribution in [0.15, 0.2) is 154 Å². The van der Waals surface area contributed by atoms with Gasteiger partial charge in [0.15, 0.2) is 17.7 Å². The molecule has 8 aromatic carbocycles. The van der Waals surface area contributed by atoms with Crippen LogP contribution < -0.4 is 30.7 Å². The van der Waals surface area contributed by atoms with E-state index in [1.165, 1.54) is 6.26 Å². The summed E-state index contributed by atoms with van der Waals surface area (Å²) in [6.07, 6.45) is 5.41. The first-order valence-electron chi connectivity index (χ1n) is 38.3. The minimum Gasteiger partial charge on any atom is -0.480 e. The van der Waals surface area contributed by atoms with Crippen molar-refractivity contribution in [2.45, 2.75) is 108 Å². The number of guanidine groups is 1. The van der Waals surface area contributed by atoms with E-state index in [9.17, 15) is 67.8 Å². The van der Waals surface area contributed by atoms with E-state index in [0.29, 0.717) is 123 Å². The summed E-state index contributed by atoms with van der Waals surface area (Å²) in [6.45, 7) is 8.14. The van der Waals surface area contributed by atoms with Gasteiger partial charge in [-0.05, 0) is 182 Å². The van der Waals surface area contributed by atoms with Crippen molar-refractivity contribution < 1.29 is 81.7 Å². The van der Waals surface area contributed by atoms with Crippen LogP contribution in [0.4, 0.5) is 0 Å². The molecular formula is C87H81Cl7N10O17S. The third-order valence-corrected chi connectivity index (χ3v) is 25.0. The number of hydrogen-bond donors (Lipinski definition) is 8. The normalized spacial score (nSPS) is 16.3. The Morgan fingerprint density at radius 2 is 1.02 bits per heavy atom. The summed E-state index contributed by atoms with van der Waals surface area (Å²) < 4.78 is 28.4. The number of β-amino-alcohol motifs (C(OH)–C–C–N with tert-alkyl or cyclic N) is 1. The molecule has 5 aliphatic heterocycles. The summed E-state index contributed by atoms with van der Waals surface area (Å²) in [5, 5.41) is 60.5. The number of halogens is 7. The molecule has 1 fully saturated rings. The molecule has 5 aliphatic rings. The number of carbonyl (C=O) groups excluding carboxylic acids is 6. The number of nitrogens with one attached hydrogen (secondary N) is 4. The van der Waals surface area contributed by atoms with Crippen LogP contribution in [-0.2, 0) is 75.6 Å². The van der Waals surface area contributed by atoms with E-state index in [2.05, 4.69) is 46.0 Å². The number of benzene rings is 8. The Kier molecular flexibility index (Phi) is 28.8. The summed E-state index contributed by atoms with van der Waals surface area (Å²) in [7, 11) is -2.50. The third kappa shape index (κ3) is 21.0. The number of rotatable bonds is 20. The van der Waals surface area contributed by atoms with Gasteiger partial charge in [-0.15, -0.1) is 0 Å². The van der Waals surface area contributed by atoms with Gasteiger partial charge >= 0.3 is 17.9 Å². The highest BCUT2D eigenvalue weighted by Crippen LogP contribution is 2.40. The van der Waals surface area contributed by atoms with Crippen molar-refractivity contribution in [1.29, 1.82) is 5.26 Å². The highest BCUT2D eigenvalue weighted by molar-refractivity contribution is 7.99. The average molecular weight is 1820 g/mol. The number of nitrogens with zero attached hydrogens (tertiary/aromatic N) is 6. The zero-order valence-corrected chi connectivity index (χ0v) is 72.0. The Balaban J connectivity index is 0.000000168. The van der Waals surface area contributed by atoms with Gasteiger partial charge in [0.25, 0.3) is 35.4 Å². The summed E-state index contributed by atoms with van der Waals surface area (Å²) >= 11 is 45.4. The second kappa shape index (κ2) is 39.0. The number of ether oxygens (including phenoxy) is 2. The molecule has 8 N–H and O–H groups in total. The molecule has 6 atom stereocenters. The van der Waals surface area contributed by atoms with E-state index in [0.717, 1.165) is 27.6 Å². The van der Waals surface area contributed by atoms with Crippen LogP contribution in [0.25, 0.3) is 11.0 Å². The highest BCUT2D eigenvalue weighted by atomic mass is 35.5. The number of fused-ring (bicyclic) bond motifs is 5. The minimum absolute atomic E-state index is 0.00655. The molecule has 27 nitrogen and oxygen atoms in total. The van der Waals surface area contributed by atoms with E-state index in [1.807, 2.05) is 43.3 Å². The number of aliphatic carboxylic acids is 3. The zero-order chi connectivity index (χ0) is 87.9. The molecule has 122 heavy (non-hydrogen) atoms. The van der Waals surface area contributed by atoms with E-state index in [4.69, 9.17) is 100 Å². The van der Waals surface area contributed by atoms with Crippen molar-refractivity contribution in [1.82, 2.24) is 40.9 Å². The highest BCUT2D eigenvalue weighted by Gasteiger charge is 2.37. The maximum Gasteiger partial charge on any atom is 0.328 e. The molecule has 14 rings (SSSR count). The largest absolute Gasteiger partial charge is 0.480 e. The van der Waals surface area contributed by atoms with Crippen molar-refractivity contribution >= 4 is 167 Å². The summed E-state index contributed by atoms with van der Waals surface area (Å²) in [6, 6.07) is 33.9. The number of carboxylic acid groups (broad SMARTS) is 3. The van der Waals surface area contributed by atoms with Crippen molar-refractivity contribution in [2.24, 2.45) is 10.9 Å². The molecule has 1 saturated heterocycles. The van der Waals surface area contributed by atoms with Gasteiger partial charge in [-0.1, -0.05) is 144 Å².